The van der Waals surface area contributed by atoms with Crippen LogP contribution in [-0.4, -0.2) is 6.04 Å². The summed E-state index contributed by atoms with van der Waals surface area (Å²) in [4.78, 5) is 0. The van der Waals surface area contributed by atoms with Crippen LogP contribution in [0.25, 0.3) is 0 Å². The Morgan fingerprint density at radius 3 is 1.92 bits per heavy atom. The van der Waals surface area contributed by atoms with E-state index in [4.69, 9.17) is 5.73 Å². The van der Waals surface area contributed by atoms with Crippen LogP contribution in [0.3, 0.4) is 0 Å². The smallest absolute Gasteiger partial charge is 0.00441 e. The van der Waals surface area contributed by atoms with Crippen LogP contribution in [0.4, 0.5) is 0 Å². The molecule has 0 aliphatic heterocycles. The third kappa shape index (κ3) is 2.14. The van der Waals surface area contributed by atoms with Crippen molar-refractivity contribution in [3.05, 3.63) is 0 Å². The van der Waals surface area contributed by atoms with Crippen LogP contribution in [0.15, 0.2) is 0 Å². The molecule has 2 heteroatoms. The number of nitrogens with two attached hydrogens (primary N) is 1. The van der Waals surface area contributed by atoms with Crippen LogP contribution >= 0.6 is 12.4 Å². The van der Waals surface area contributed by atoms with Crippen molar-refractivity contribution in [2.24, 2.45) is 23.5 Å². The monoisotopic (exact) mass is 189 g/mol. The molecular weight excluding hydrogens is 170 g/mol. The van der Waals surface area contributed by atoms with Crippen molar-refractivity contribution in [2.45, 2.75) is 45.1 Å². The zero-order valence-electron chi connectivity index (χ0n) is 7.83. The molecule has 2 fully saturated rings. The van der Waals surface area contributed by atoms with Crippen molar-refractivity contribution < 1.29 is 0 Å². The number of hydrogen-bond acceptors (Lipinski definition) is 1. The lowest BCUT2D eigenvalue weighted by molar-refractivity contribution is 0.131. The van der Waals surface area contributed by atoms with Crippen LogP contribution in [0.2, 0.25) is 0 Å². The van der Waals surface area contributed by atoms with Gasteiger partial charge in [-0.1, -0.05) is 6.92 Å². The second kappa shape index (κ2) is 3.97. The van der Waals surface area contributed by atoms with Gasteiger partial charge in [0.05, 0.1) is 0 Å². The summed E-state index contributed by atoms with van der Waals surface area (Å²) in [6, 6.07) is 0.534. The number of rotatable bonds is 0. The van der Waals surface area contributed by atoms with Crippen molar-refractivity contribution in [2.75, 3.05) is 0 Å². The lowest BCUT2D eigenvalue weighted by Crippen LogP contribution is -2.37. The van der Waals surface area contributed by atoms with Gasteiger partial charge in [-0.25, -0.2) is 0 Å². The van der Waals surface area contributed by atoms with Gasteiger partial charge in [0.1, 0.15) is 0 Å². The third-order valence-electron chi connectivity index (χ3n) is 3.41. The predicted octanol–water partition coefficient (Wildman–Crippen LogP) is 2.58. The van der Waals surface area contributed by atoms with E-state index in [-0.39, 0.29) is 12.4 Å². The first kappa shape index (κ1) is 10.3. The minimum Gasteiger partial charge on any atom is -0.328 e. The Morgan fingerprint density at radius 2 is 1.42 bits per heavy atom. The van der Waals surface area contributed by atoms with Gasteiger partial charge in [0.15, 0.2) is 0 Å². The van der Waals surface area contributed by atoms with Gasteiger partial charge in [-0.05, 0) is 49.9 Å². The van der Waals surface area contributed by atoms with Gasteiger partial charge in [0.2, 0.25) is 0 Å². The van der Waals surface area contributed by atoms with Crippen molar-refractivity contribution >= 4 is 12.4 Å². The molecule has 2 atom stereocenters. The summed E-state index contributed by atoms with van der Waals surface area (Å²) in [7, 11) is 0. The molecule has 72 valence electrons. The Bertz CT molecular complexity index is 115. The van der Waals surface area contributed by atoms with Crippen molar-refractivity contribution in [3.8, 4) is 0 Å². The van der Waals surface area contributed by atoms with E-state index in [0.29, 0.717) is 6.04 Å². The fourth-order valence-electron chi connectivity index (χ4n) is 3.24. The third-order valence-corrected chi connectivity index (χ3v) is 3.41. The summed E-state index contributed by atoms with van der Waals surface area (Å²) >= 11 is 0. The van der Waals surface area contributed by atoms with Crippen molar-refractivity contribution in [3.63, 3.8) is 0 Å². The first-order valence-corrected chi connectivity index (χ1v) is 4.99. The standard InChI is InChI=1S/C10H19N.ClH/c1-7-2-8-4-9(3-7)6-10(11)5-8;/h7-10H,2-6,11H2,1H3;1H. The summed E-state index contributed by atoms with van der Waals surface area (Å²) in [6.07, 6.45) is 6.99. The van der Waals surface area contributed by atoms with Gasteiger partial charge in [0, 0.05) is 6.04 Å². The van der Waals surface area contributed by atoms with Crippen LogP contribution < -0.4 is 5.73 Å². The molecule has 0 spiro atoms. The van der Waals surface area contributed by atoms with E-state index in [1.165, 1.54) is 32.1 Å². The molecular formula is C10H20ClN. The van der Waals surface area contributed by atoms with Crippen LogP contribution in [0.1, 0.15) is 39.0 Å². The molecule has 2 bridgehead atoms. The van der Waals surface area contributed by atoms with Crippen LogP contribution in [0.5, 0.6) is 0 Å². The Labute approximate surface area is 81.5 Å². The highest BCUT2D eigenvalue weighted by Gasteiger charge is 2.32. The van der Waals surface area contributed by atoms with Crippen LogP contribution in [-0.2, 0) is 0 Å². The van der Waals surface area contributed by atoms with Crippen molar-refractivity contribution in [1.29, 1.82) is 0 Å². The van der Waals surface area contributed by atoms with E-state index in [2.05, 4.69) is 6.92 Å². The highest BCUT2D eigenvalue weighted by atomic mass is 35.5. The lowest BCUT2D eigenvalue weighted by Gasteiger charge is -2.40. The first-order chi connectivity index (χ1) is 5.24. The molecule has 1 nitrogen and oxygen atoms in total. The molecule has 12 heavy (non-hydrogen) atoms. The predicted molar refractivity (Wildman–Crippen MR) is 54.5 cm³/mol. The zero-order valence-corrected chi connectivity index (χ0v) is 8.65. The minimum atomic E-state index is 0. The van der Waals surface area contributed by atoms with Crippen LogP contribution in [0, 0.1) is 17.8 Å². The highest BCUT2D eigenvalue weighted by Crippen LogP contribution is 2.41. The highest BCUT2D eigenvalue weighted by molar-refractivity contribution is 5.85. The van der Waals surface area contributed by atoms with Gasteiger partial charge < -0.3 is 5.73 Å². The molecule has 2 rings (SSSR count). The Morgan fingerprint density at radius 1 is 0.917 bits per heavy atom. The number of halogens is 1. The maximum Gasteiger partial charge on any atom is 0.00441 e. The normalized spacial score (nSPS) is 46.5. The SMILES string of the molecule is CC1CC2CC(N)CC(C1)C2.Cl. The molecule has 2 N–H and O–H groups in total. The first-order valence-electron chi connectivity index (χ1n) is 4.99. The maximum absolute atomic E-state index is 5.97. The molecule has 2 aliphatic rings. The fraction of sp³-hybridized carbons (Fsp3) is 1.00. The molecule has 0 saturated heterocycles. The maximum atomic E-state index is 5.97. The quantitative estimate of drug-likeness (QED) is 0.623. The molecule has 0 amide bonds. The van der Waals surface area contributed by atoms with E-state index >= 15 is 0 Å². The summed E-state index contributed by atoms with van der Waals surface area (Å²) in [5.41, 5.74) is 5.97. The van der Waals surface area contributed by atoms with Gasteiger partial charge in [-0.15, -0.1) is 12.4 Å². The Balaban J connectivity index is 0.000000720. The molecule has 0 aromatic heterocycles. The average Bonchev–Trinajstić information content (AvgIpc) is 1.82. The molecule has 2 aliphatic carbocycles. The molecule has 0 aromatic carbocycles. The Hall–Kier alpha value is 0.250. The fourth-order valence-corrected chi connectivity index (χ4v) is 3.24. The summed E-state index contributed by atoms with van der Waals surface area (Å²) in [5, 5.41) is 0. The molecule has 0 radical (unpaired) electrons. The second-order valence-electron chi connectivity index (χ2n) is 4.78. The van der Waals surface area contributed by atoms with Gasteiger partial charge in [-0.2, -0.15) is 0 Å². The lowest BCUT2D eigenvalue weighted by atomic mass is 9.67. The zero-order chi connectivity index (χ0) is 7.84. The van der Waals surface area contributed by atoms with E-state index in [9.17, 15) is 0 Å². The number of fused-ring (bicyclic) bond motifs is 2. The summed E-state index contributed by atoms with van der Waals surface area (Å²) in [5.74, 6) is 2.94. The summed E-state index contributed by atoms with van der Waals surface area (Å²) in [6.45, 7) is 2.40. The van der Waals surface area contributed by atoms with Crippen molar-refractivity contribution in [1.82, 2.24) is 0 Å². The van der Waals surface area contributed by atoms with E-state index < -0.39 is 0 Å². The Kier molecular flexibility index (Phi) is 3.42. The minimum absolute atomic E-state index is 0. The molecule has 2 unspecified atom stereocenters. The topological polar surface area (TPSA) is 26.0 Å². The molecule has 0 heterocycles. The van der Waals surface area contributed by atoms with Gasteiger partial charge in [0.25, 0.3) is 0 Å². The average molecular weight is 190 g/mol. The second-order valence-corrected chi connectivity index (χ2v) is 4.78. The number of hydrogen-bond donors (Lipinski definition) is 1. The molecule has 2 saturated carbocycles. The van der Waals surface area contributed by atoms with E-state index in [1.54, 1.807) is 0 Å². The van der Waals surface area contributed by atoms with E-state index in [1.807, 2.05) is 0 Å². The summed E-state index contributed by atoms with van der Waals surface area (Å²) < 4.78 is 0. The van der Waals surface area contributed by atoms with Gasteiger partial charge in [-0.3, -0.25) is 0 Å². The van der Waals surface area contributed by atoms with Gasteiger partial charge >= 0.3 is 0 Å². The largest absolute Gasteiger partial charge is 0.328 e. The molecule has 0 aromatic rings. The van der Waals surface area contributed by atoms with E-state index in [0.717, 1.165) is 17.8 Å².